The molecule has 0 N–H and O–H groups in total. The molecular weight excluding hydrogens is 1220 g/mol. The molecule has 9 heteroatoms. The van der Waals surface area contributed by atoms with Crippen LogP contribution >= 0.6 is 0 Å². The van der Waals surface area contributed by atoms with Gasteiger partial charge < -0.3 is 33.3 Å². The van der Waals surface area contributed by atoms with Gasteiger partial charge in [-0.15, -0.1) is 0 Å². The number of esters is 2. The molecule has 2 unspecified atom stereocenters. The smallest absolute Gasteiger partial charge is 0.306 e. The number of rotatable bonds is 80. The van der Waals surface area contributed by atoms with Gasteiger partial charge in [0.05, 0.1) is 40.3 Å². The molecule has 0 rings (SSSR count). The number of carboxylic acids is 1. The molecule has 576 valence electrons. The van der Waals surface area contributed by atoms with Gasteiger partial charge in [-0.25, -0.2) is 0 Å². The summed E-state index contributed by atoms with van der Waals surface area (Å²) in [6.45, 7) is 4.69. The Morgan fingerprint density at radius 1 is 0.313 bits per heavy atom. The molecular formula is C90H163NO8. The van der Waals surface area contributed by atoms with Crippen LogP contribution in [0.5, 0.6) is 0 Å². The molecule has 0 fully saturated rings. The van der Waals surface area contributed by atoms with Crippen LogP contribution < -0.4 is 5.11 Å². The van der Waals surface area contributed by atoms with Crippen LogP contribution in [0.25, 0.3) is 0 Å². The summed E-state index contributed by atoms with van der Waals surface area (Å²) in [5.74, 6) is -2.25. The second kappa shape index (κ2) is 80.2. The summed E-state index contributed by atoms with van der Waals surface area (Å²) in [6, 6.07) is 0. The van der Waals surface area contributed by atoms with Crippen molar-refractivity contribution in [3.63, 3.8) is 0 Å². The molecule has 9 nitrogen and oxygen atoms in total. The average Bonchev–Trinajstić information content (AvgIpc) is 2.62. The molecule has 0 spiro atoms. The van der Waals surface area contributed by atoms with E-state index in [2.05, 4.69) is 98.9 Å². The van der Waals surface area contributed by atoms with E-state index in [1.807, 2.05) is 21.1 Å². The Bertz CT molecular complexity index is 1910. The van der Waals surface area contributed by atoms with E-state index < -0.39 is 24.3 Å². The van der Waals surface area contributed by atoms with Gasteiger partial charge in [0.1, 0.15) is 13.2 Å². The highest BCUT2D eigenvalue weighted by atomic mass is 16.7. The first-order chi connectivity index (χ1) is 48.6. The highest BCUT2D eigenvalue weighted by Gasteiger charge is 2.22. The highest BCUT2D eigenvalue weighted by molar-refractivity contribution is 5.70. The zero-order valence-electron chi connectivity index (χ0n) is 66.1. The normalized spacial score (nSPS) is 13.0. The summed E-state index contributed by atoms with van der Waals surface area (Å²) in [7, 11) is 5.95. The summed E-state index contributed by atoms with van der Waals surface area (Å²) >= 11 is 0. The molecule has 0 aliphatic heterocycles. The predicted octanol–water partition coefficient (Wildman–Crippen LogP) is 26.4. The SMILES string of the molecule is CC/C=C\C/C=C\C/C=C\C/C=C\CCCCCCCCCCCCCCCCCCCCCCCCCCCCCCC(=O)OC(COC(=O)CCCCCCCCCCCCCCCCCCCC/C=C\C/C=C\C/C=C\CCCCCCC)COC(OCC[N+](C)(C)C)C(=O)[O-]. The fraction of sp³-hybridized carbons (Fsp3) is 0.811. The number of likely N-dealkylation sites (N-methyl/N-ethyl adjacent to an activating group) is 1. The van der Waals surface area contributed by atoms with Crippen molar-refractivity contribution in [2.45, 2.75) is 424 Å². The van der Waals surface area contributed by atoms with E-state index in [-0.39, 0.29) is 32.2 Å². The summed E-state index contributed by atoms with van der Waals surface area (Å²) < 4.78 is 22.9. The van der Waals surface area contributed by atoms with E-state index in [1.54, 1.807) is 0 Å². The molecule has 0 radical (unpaired) electrons. The van der Waals surface area contributed by atoms with E-state index >= 15 is 0 Å². The second-order valence-electron chi connectivity index (χ2n) is 30.1. The Labute approximate surface area is 614 Å². The molecule has 0 aromatic heterocycles. The minimum absolute atomic E-state index is 0.149. The van der Waals surface area contributed by atoms with Crippen LogP contribution in [0, 0.1) is 0 Å². The molecule has 0 aromatic carbocycles. The number of nitrogens with zero attached hydrogens (tertiary/aromatic N) is 1. The van der Waals surface area contributed by atoms with Crippen LogP contribution in [0.4, 0.5) is 0 Å². The fourth-order valence-electron chi connectivity index (χ4n) is 12.7. The van der Waals surface area contributed by atoms with E-state index in [4.69, 9.17) is 18.9 Å². The third kappa shape index (κ3) is 81.6. The molecule has 0 aliphatic carbocycles. The molecule has 0 bridgehead atoms. The van der Waals surface area contributed by atoms with Gasteiger partial charge in [-0.3, -0.25) is 9.59 Å². The first kappa shape index (κ1) is 95.5. The number of carbonyl (C=O) groups is 3. The molecule has 99 heavy (non-hydrogen) atoms. The van der Waals surface area contributed by atoms with Crippen molar-refractivity contribution >= 4 is 17.9 Å². The third-order valence-electron chi connectivity index (χ3n) is 19.1. The molecule has 0 saturated heterocycles. The average molecular weight is 1390 g/mol. The maximum atomic E-state index is 13.0. The van der Waals surface area contributed by atoms with Crippen LogP contribution in [-0.4, -0.2) is 82.3 Å². The number of carboxylic acid groups (broad SMARTS) is 1. The lowest BCUT2D eigenvalue weighted by atomic mass is 10.0. The van der Waals surface area contributed by atoms with Crippen LogP contribution in [0.1, 0.15) is 412 Å². The number of quaternary nitrogens is 1. The number of carbonyl (C=O) groups excluding carboxylic acids is 3. The van der Waals surface area contributed by atoms with Crippen molar-refractivity contribution in [3.8, 4) is 0 Å². The van der Waals surface area contributed by atoms with Crippen molar-refractivity contribution in [1.82, 2.24) is 0 Å². The second-order valence-corrected chi connectivity index (χ2v) is 30.1. The van der Waals surface area contributed by atoms with E-state index in [1.165, 1.54) is 308 Å². The Morgan fingerprint density at radius 2 is 0.576 bits per heavy atom. The molecule has 0 aromatic rings. The van der Waals surface area contributed by atoms with Gasteiger partial charge in [0.15, 0.2) is 12.4 Å². The largest absolute Gasteiger partial charge is 0.545 e. The number of ether oxygens (including phenoxy) is 4. The standard InChI is InChI=1S/C90H163NO8/c1-6-8-10-12-14-16-18-20-22-24-26-28-30-32-34-36-38-40-41-42-43-44-45-46-47-49-51-53-55-57-59-61-63-65-67-69-71-73-75-77-79-81-88(93)99-86(85-98-90(89(94)95)96-83-82-91(3,4)5)84-97-87(92)80-78-76-74-72-70-68-66-64-62-60-58-56-54-52-50-48-39-37-35-33-31-29-27-25-23-21-19-17-15-13-11-9-7-2/h8,10,14,16,19-22,25-28,31,33,86,90H,6-7,9,11-13,15,17-18,23-24,29-30,32,34-85H2,1-5H3/b10-8-,16-14-,21-19-,22-20-,27-25-,28-26-,33-31-. The fourth-order valence-corrected chi connectivity index (χ4v) is 12.7. The predicted molar refractivity (Wildman–Crippen MR) is 426 cm³/mol. The molecule has 2 atom stereocenters. The van der Waals surface area contributed by atoms with Crippen molar-refractivity contribution in [1.29, 1.82) is 0 Å². The first-order valence-electron chi connectivity index (χ1n) is 42.7. The zero-order valence-corrected chi connectivity index (χ0v) is 66.1. The van der Waals surface area contributed by atoms with E-state index in [9.17, 15) is 19.5 Å². The number of aliphatic carboxylic acids is 1. The maximum absolute atomic E-state index is 13.0. The summed E-state index contributed by atoms with van der Waals surface area (Å²) in [6.07, 6.45) is 107. The lowest BCUT2D eigenvalue weighted by Crippen LogP contribution is -2.44. The minimum Gasteiger partial charge on any atom is -0.545 e. The lowest BCUT2D eigenvalue weighted by Gasteiger charge is -2.26. The number of allylic oxidation sites excluding steroid dienone is 14. The molecule has 0 heterocycles. The zero-order chi connectivity index (χ0) is 71.8. The van der Waals surface area contributed by atoms with Crippen LogP contribution in [0.3, 0.4) is 0 Å². The van der Waals surface area contributed by atoms with Crippen molar-refractivity contribution in [2.75, 3.05) is 47.5 Å². The van der Waals surface area contributed by atoms with E-state index in [0.29, 0.717) is 17.4 Å². The van der Waals surface area contributed by atoms with E-state index in [0.717, 1.165) is 77.0 Å². The first-order valence-corrected chi connectivity index (χ1v) is 42.7. The number of unbranched alkanes of at least 4 members (excludes halogenated alkanes) is 51. The minimum atomic E-state index is -1.62. The van der Waals surface area contributed by atoms with Gasteiger partial charge in [0, 0.05) is 12.8 Å². The van der Waals surface area contributed by atoms with Crippen LogP contribution in [-0.2, 0) is 33.3 Å². The van der Waals surface area contributed by atoms with Gasteiger partial charge in [0.2, 0.25) is 0 Å². The summed E-state index contributed by atoms with van der Waals surface area (Å²) in [4.78, 5) is 37.7. The number of hydrogen-bond acceptors (Lipinski definition) is 8. The maximum Gasteiger partial charge on any atom is 0.306 e. The number of hydrogen-bond donors (Lipinski definition) is 0. The quantitative estimate of drug-likeness (QED) is 0.0195. The highest BCUT2D eigenvalue weighted by Crippen LogP contribution is 2.20. The van der Waals surface area contributed by atoms with Gasteiger partial charge in [-0.05, 0) is 89.9 Å². The summed E-state index contributed by atoms with van der Waals surface area (Å²) in [5.41, 5.74) is 0. The Balaban J connectivity index is 3.93. The Hall–Kier alpha value is -3.53. The van der Waals surface area contributed by atoms with Crippen molar-refractivity contribution in [2.24, 2.45) is 0 Å². The monoisotopic (exact) mass is 1390 g/mol. The molecule has 0 aliphatic rings. The van der Waals surface area contributed by atoms with Gasteiger partial charge in [-0.1, -0.05) is 394 Å². The van der Waals surface area contributed by atoms with Crippen LogP contribution in [0.2, 0.25) is 0 Å². The van der Waals surface area contributed by atoms with Crippen molar-refractivity contribution in [3.05, 3.63) is 85.1 Å². The molecule has 0 amide bonds. The Morgan fingerprint density at radius 3 is 0.859 bits per heavy atom. The van der Waals surface area contributed by atoms with Gasteiger partial charge in [0.25, 0.3) is 0 Å². The molecule has 0 saturated carbocycles. The van der Waals surface area contributed by atoms with Crippen LogP contribution in [0.15, 0.2) is 85.1 Å². The third-order valence-corrected chi connectivity index (χ3v) is 19.1. The van der Waals surface area contributed by atoms with Crippen molar-refractivity contribution < 1.29 is 42.9 Å². The lowest BCUT2D eigenvalue weighted by molar-refractivity contribution is -0.870. The topological polar surface area (TPSA) is 111 Å². The van der Waals surface area contributed by atoms with Gasteiger partial charge in [-0.2, -0.15) is 0 Å². The van der Waals surface area contributed by atoms with Gasteiger partial charge >= 0.3 is 11.9 Å². The summed E-state index contributed by atoms with van der Waals surface area (Å²) in [5, 5.41) is 11.9. The Kier molecular flexibility index (Phi) is 77.3.